The largest absolute Gasteiger partial charge is 0.419 e. The van der Waals surface area contributed by atoms with E-state index in [4.69, 9.17) is 0 Å². The summed E-state index contributed by atoms with van der Waals surface area (Å²) < 4.78 is 53.2. The van der Waals surface area contributed by atoms with Gasteiger partial charge in [-0.3, -0.25) is 4.79 Å². The van der Waals surface area contributed by atoms with Gasteiger partial charge in [0.05, 0.1) is 17.2 Å². The van der Waals surface area contributed by atoms with Crippen LogP contribution in [0.1, 0.15) is 55.2 Å². The van der Waals surface area contributed by atoms with E-state index in [1.807, 2.05) is 32.3 Å². The van der Waals surface area contributed by atoms with Gasteiger partial charge in [-0.05, 0) is 124 Å². The van der Waals surface area contributed by atoms with E-state index < -0.39 is 17.6 Å². The van der Waals surface area contributed by atoms with Crippen LogP contribution in [0.2, 0.25) is 0 Å². The van der Waals surface area contributed by atoms with Crippen LogP contribution in [0.4, 0.5) is 23.2 Å². The van der Waals surface area contributed by atoms with Gasteiger partial charge in [0.2, 0.25) is 5.91 Å². The van der Waals surface area contributed by atoms with Gasteiger partial charge in [-0.2, -0.15) is 18.4 Å². The van der Waals surface area contributed by atoms with E-state index in [-0.39, 0.29) is 34.8 Å². The zero-order valence-electron chi connectivity index (χ0n) is 21.7. The molecule has 3 unspecified atom stereocenters. The Morgan fingerprint density at radius 1 is 1.21 bits per heavy atom. The van der Waals surface area contributed by atoms with Crippen LogP contribution in [-0.2, 0) is 16.4 Å². The highest BCUT2D eigenvalue weighted by atomic mass is 19.4. The molecule has 3 saturated carbocycles. The molecule has 2 aromatic rings. The van der Waals surface area contributed by atoms with Crippen LogP contribution in [0.5, 0.6) is 0 Å². The third-order valence-electron chi connectivity index (χ3n) is 9.11. The highest BCUT2D eigenvalue weighted by Crippen LogP contribution is 2.68. The van der Waals surface area contributed by atoms with E-state index in [0.717, 1.165) is 51.1 Å². The zero-order valence-corrected chi connectivity index (χ0v) is 21.7. The molecule has 6 atom stereocenters. The molecular weight excluding hydrogens is 494 g/mol. The maximum absolute atomic E-state index is 13.7. The summed E-state index contributed by atoms with van der Waals surface area (Å²) in [7, 11) is 4.02. The second-order valence-electron chi connectivity index (χ2n) is 11.7. The lowest BCUT2D eigenvalue weighted by Crippen LogP contribution is -2.23. The van der Waals surface area contributed by atoms with Crippen LogP contribution in [0.3, 0.4) is 0 Å². The lowest BCUT2D eigenvalue weighted by atomic mass is 9.75. The van der Waals surface area contributed by atoms with Crippen molar-refractivity contribution in [1.82, 2.24) is 4.90 Å². The molecule has 0 heterocycles. The van der Waals surface area contributed by atoms with Crippen molar-refractivity contribution in [3.05, 3.63) is 65.0 Å². The smallest absolute Gasteiger partial charge is 0.326 e. The summed E-state index contributed by atoms with van der Waals surface area (Å²) in [6, 6.07) is 12.8. The molecule has 1 N–H and O–H groups in total. The fraction of sp³-hybridized carbons (Fsp3) is 0.533. The minimum absolute atomic E-state index is 0.0244. The minimum Gasteiger partial charge on any atom is -0.326 e. The van der Waals surface area contributed by atoms with Gasteiger partial charge in [0.25, 0.3) is 0 Å². The second kappa shape index (κ2) is 10.00. The highest BCUT2D eigenvalue weighted by molar-refractivity contribution is 5.95. The lowest BCUT2D eigenvalue weighted by Gasteiger charge is -2.29. The third-order valence-corrected chi connectivity index (χ3v) is 9.11. The van der Waals surface area contributed by atoms with E-state index in [2.05, 4.69) is 22.4 Å². The van der Waals surface area contributed by atoms with Gasteiger partial charge in [-0.15, -0.1) is 0 Å². The number of halogens is 4. The summed E-state index contributed by atoms with van der Waals surface area (Å²) in [4.78, 5) is 15.4. The van der Waals surface area contributed by atoms with Crippen LogP contribution >= 0.6 is 0 Å². The van der Waals surface area contributed by atoms with Crippen molar-refractivity contribution in [3.63, 3.8) is 0 Å². The molecule has 2 aromatic carbocycles. The predicted octanol–water partition coefficient (Wildman–Crippen LogP) is 6.62. The van der Waals surface area contributed by atoms with Gasteiger partial charge in [0, 0.05) is 11.6 Å². The summed E-state index contributed by atoms with van der Waals surface area (Å²) >= 11 is 0. The van der Waals surface area contributed by atoms with Gasteiger partial charge < -0.3 is 10.2 Å². The number of rotatable bonds is 8. The molecule has 3 fully saturated rings. The van der Waals surface area contributed by atoms with E-state index in [9.17, 15) is 27.6 Å². The van der Waals surface area contributed by atoms with Crippen molar-refractivity contribution >= 4 is 11.6 Å². The zero-order chi connectivity index (χ0) is 27.2. The van der Waals surface area contributed by atoms with E-state index in [1.54, 1.807) is 0 Å². The first kappa shape index (κ1) is 26.7. The number of nitriles is 1. The number of carbonyl (C=O) groups excluding carboxylic acids is 1. The maximum atomic E-state index is 13.7. The number of anilines is 1. The summed E-state index contributed by atoms with van der Waals surface area (Å²) in [6.07, 6.45) is 1.18. The van der Waals surface area contributed by atoms with Crippen LogP contribution < -0.4 is 5.32 Å². The van der Waals surface area contributed by atoms with Gasteiger partial charge in [0.15, 0.2) is 0 Å². The molecule has 0 bridgehead atoms. The number of hydrogen-bond donors (Lipinski definition) is 1. The quantitative estimate of drug-likeness (QED) is 0.393. The molecule has 202 valence electrons. The molecule has 0 spiro atoms. The SMILES string of the molecule is CN(C)CCC[C@@H]1C(C(=O)Nc2ccc(F)c(C(F)(F)F)c2)C1[C@@H]1CC[C@@]2(c3cccc(C#N)c3)CC2C1. The Morgan fingerprint density at radius 3 is 2.68 bits per heavy atom. The number of nitrogens with zero attached hydrogens (tertiary/aromatic N) is 2. The van der Waals surface area contributed by atoms with Gasteiger partial charge >= 0.3 is 6.18 Å². The molecule has 0 aromatic heterocycles. The number of alkyl halides is 3. The standard InChI is InChI=1S/C30H33F4N3O/c1-37(2)12-4-7-23-26(27(23)28(38)36-22-8-9-25(31)24(15-22)30(32,33)34)19-10-11-29(16-21(29)14-19)20-6-3-5-18(13-20)17-35/h3,5-6,8-9,13,15,19,21,23,26-27H,4,7,10-12,14,16H2,1-2H3,(H,36,38)/t19-,21?,23+,26?,27?,29+/m1/s1. The molecular formula is C30H33F4N3O. The summed E-state index contributed by atoms with van der Waals surface area (Å²) in [5.41, 5.74) is 0.661. The van der Waals surface area contributed by atoms with Gasteiger partial charge in [0.1, 0.15) is 5.82 Å². The van der Waals surface area contributed by atoms with Crippen molar-refractivity contribution in [1.29, 1.82) is 5.26 Å². The van der Waals surface area contributed by atoms with Crippen molar-refractivity contribution in [2.24, 2.45) is 29.6 Å². The average molecular weight is 528 g/mol. The van der Waals surface area contributed by atoms with Crippen LogP contribution in [0, 0.1) is 46.7 Å². The molecule has 38 heavy (non-hydrogen) atoms. The average Bonchev–Trinajstić information content (AvgIpc) is 3.77. The Balaban J connectivity index is 1.28. The van der Waals surface area contributed by atoms with Crippen molar-refractivity contribution in [3.8, 4) is 6.07 Å². The second-order valence-corrected chi connectivity index (χ2v) is 11.7. The number of carbonyl (C=O) groups is 1. The minimum atomic E-state index is -4.83. The Labute approximate surface area is 221 Å². The highest BCUT2D eigenvalue weighted by Gasteiger charge is 2.63. The molecule has 3 aliphatic rings. The monoisotopic (exact) mass is 527 g/mol. The first-order chi connectivity index (χ1) is 18.0. The molecule has 0 aliphatic heterocycles. The number of nitrogens with one attached hydrogen (secondary N) is 1. The first-order valence-corrected chi connectivity index (χ1v) is 13.4. The van der Waals surface area contributed by atoms with Crippen LogP contribution in [0.25, 0.3) is 0 Å². The molecule has 8 heteroatoms. The van der Waals surface area contributed by atoms with Crippen molar-refractivity contribution in [2.75, 3.05) is 26.0 Å². The molecule has 5 rings (SSSR count). The topological polar surface area (TPSA) is 56.1 Å². The number of hydrogen-bond acceptors (Lipinski definition) is 3. The normalized spacial score (nSPS) is 29.9. The van der Waals surface area contributed by atoms with E-state index in [1.165, 1.54) is 11.6 Å². The van der Waals surface area contributed by atoms with Crippen molar-refractivity contribution < 1.29 is 22.4 Å². The lowest BCUT2D eigenvalue weighted by molar-refractivity contribution is -0.140. The maximum Gasteiger partial charge on any atom is 0.419 e. The Bertz CT molecular complexity index is 1250. The molecule has 0 radical (unpaired) electrons. The third kappa shape index (κ3) is 5.18. The number of amides is 1. The molecule has 1 amide bonds. The summed E-state index contributed by atoms with van der Waals surface area (Å²) in [6.45, 7) is 0.913. The van der Waals surface area contributed by atoms with Gasteiger partial charge in [-0.1, -0.05) is 12.1 Å². The van der Waals surface area contributed by atoms with Gasteiger partial charge in [-0.25, -0.2) is 4.39 Å². The molecule has 3 aliphatic carbocycles. The Morgan fingerprint density at radius 2 is 2.00 bits per heavy atom. The van der Waals surface area contributed by atoms with Crippen LogP contribution in [0.15, 0.2) is 42.5 Å². The van der Waals surface area contributed by atoms with E-state index >= 15 is 0 Å². The number of benzene rings is 2. The molecule has 4 nitrogen and oxygen atoms in total. The van der Waals surface area contributed by atoms with Crippen molar-refractivity contribution in [2.45, 2.75) is 50.1 Å². The summed E-state index contributed by atoms with van der Waals surface area (Å²) in [5, 5.41) is 12.0. The Kier molecular flexibility index (Phi) is 7.02. The summed E-state index contributed by atoms with van der Waals surface area (Å²) in [5.74, 6) is -0.507. The fourth-order valence-electron chi connectivity index (χ4n) is 7.14. The fourth-order valence-corrected chi connectivity index (χ4v) is 7.14. The predicted molar refractivity (Wildman–Crippen MR) is 137 cm³/mol. The number of fused-ring (bicyclic) bond motifs is 1. The Hall–Kier alpha value is -2.92. The first-order valence-electron chi connectivity index (χ1n) is 13.4. The van der Waals surface area contributed by atoms with Crippen LogP contribution in [-0.4, -0.2) is 31.4 Å². The molecule has 0 saturated heterocycles. The van der Waals surface area contributed by atoms with E-state index in [0.29, 0.717) is 23.5 Å².